The predicted molar refractivity (Wildman–Crippen MR) is 83.2 cm³/mol. The predicted octanol–water partition coefficient (Wildman–Crippen LogP) is 1.77. The molecule has 0 unspecified atom stereocenters. The Hall–Kier alpha value is -1.96. The third-order valence-corrected chi connectivity index (χ3v) is 3.89. The Labute approximate surface area is 127 Å². The van der Waals surface area contributed by atoms with E-state index in [2.05, 4.69) is 34.5 Å². The number of nitrogens with two attached hydrogens (primary N) is 1. The smallest absolute Gasteiger partial charge is 0.247 e. The minimum absolute atomic E-state index is 0.114. The van der Waals surface area contributed by atoms with Gasteiger partial charge in [-0.15, -0.1) is 10.2 Å². The van der Waals surface area contributed by atoms with Gasteiger partial charge in [0.05, 0.1) is 17.1 Å². The van der Waals surface area contributed by atoms with Crippen LogP contribution in [-0.4, -0.2) is 25.9 Å². The maximum absolute atomic E-state index is 12.0. The minimum atomic E-state index is -0.187. The number of hydrogen-bond donors (Lipinski definition) is 2. The summed E-state index contributed by atoms with van der Waals surface area (Å²) < 4.78 is 1.59. The fraction of sp³-hybridized carbons (Fsp3) is 0.538. The van der Waals surface area contributed by atoms with Crippen molar-refractivity contribution in [2.45, 2.75) is 40.7 Å². The summed E-state index contributed by atoms with van der Waals surface area (Å²) in [5.74, 6) is 0.326. The Bertz CT molecular complexity index is 645. The topological polar surface area (TPSA) is 98.7 Å². The van der Waals surface area contributed by atoms with Gasteiger partial charge in [0.2, 0.25) is 11.0 Å². The highest BCUT2D eigenvalue weighted by molar-refractivity contribution is 7.15. The van der Waals surface area contributed by atoms with E-state index in [0.717, 1.165) is 22.8 Å². The Balaban J connectivity index is 1.98. The minimum Gasteiger partial charge on any atom is -0.396 e. The molecule has 7 nitrogen and oxygen atoms in total. The van der Waals surface area contributed by atoms with Crippen LogP contribution in [0.25, 0.3) is 0 Å². The number of rotatable bonds is 5. The molecule has 3 N–H and O–H groups in total. The van der Waals surface area contributed by atoms with E-state index in [1.807, 2.05) is 13.8 Å². The zero-order chi connectivity index (χ0) is 15.6. The van der Waals surface area contributed by atoms with E-state index in [1.165, 1.54) is 11.3 Å². The molecule has 8 heteroatoms. The van der Waals surface area contributed by atoms with E-state index in [0.29, 0.717) is 16.7 Å². The third kappa shape index (κ3) is 3.78. The summed E-state index contributed by atoms with van der Waals surface area (Å²) in [4.78, 5) is 12.0. The Morgan fingerprint density at radius 1 is 1.38 bits per heavy atom. The summed E-state index contributed by atoms with van der Waals surface area (Å²) in [6.07, 6.45) is 0.863. The molecule has 0 aliphatic rings. The zero-order valence-electron chi connectivity index (χ0n) is 12.7. The number of aryl methyl sites for hydroxylation is 1. The molecule has 0 aromatic carbocycles. The first-order valence-corrected chi connectivity index (χ1v) is 7.60. The monoisotopic (exact) mass is 308 g/mol. The molecule has 0 aliphatic heterocycles. The molecule has 0 aliphatic carbocycles. The average Bonchev–Trinajstić information content (AvgIpc) is 2.90. The molecule has 2 aromatic rings. The van der Waals surface area contributed by atoms with Crippen molar-refractivity contribution in [3.63, 3.8) is 0 Å². The molecule has 0 atom stereocenters. The molecule has 0 fully saturated rings. The SMILES string of the molecule is Cc1nn(CC(=O)Nc2nnc(CC(C)C)s2)c(C)c1N. The van der Waals surface area contributed by atoms with Crippen LogP contribution in [0.4, 0.5) is 10.8 Å². The Morgan fingerprint density at radius 3 is 2.67 bits per heavy atom. The molecule has 0 saturated heterocycles. The van der Waals surface area contributed by atoms with Crippen molar-refractivity contribution >= 4 is 28.1 Å². The first-order valence-electron chi connectivity index (χ1n) is 6.78. The lowest BCUT2D eigenvalue weighted by Crippen LogP contribution is -2.20. The van der Waals surface area contributed by atoms with Crippen LogP contribution in [-0.2, 0) is 17.8 Å². The van der Waals surface area contributed by atoms with Gasteiger partial charge in [-0.3, -0.25) is 14.8 Å². The summed E-state index contributed by atoms with van der Waals surface area (Å²) in [6.45, 7) is 8.01. The molecule has 2 rings (SSSR count). The lowest BCUT2D eigenvalue weighted by Gasteiger charge is -2.04. The van der Waals surface area contributed by atoms with Crippen LogP contribution in [0.3, 0.4) is 0 Å². The molecular formula is C13H20N6OS. The van der Waals surface area contributed by atoms with Gasteiger partial charge in [-0.05, 0) is 19.8 Å². The highest BCUT2D eigenvalue weighted by Gasteiger charge is 2.13. The number of carbonyl (C=O) groups is 1. The van der Waals surface area contributed by atoms with E-state index in [9.17, 15) is 4.79 Å². The number of anilines is 2. The van der Waals surface area contributed by atoms with Gasteiger partial charge < -0.3 is 5.73 Å². The molecule has 0 saturated carbocycles. The molecule has 0 bridgehead atoms. The van der Waals surface area contributed by atoms with Crippen molar-refractivity contribution in [3.8, 4) is 0 Å². The molecule has 2 aromatic heterocycles. The number of carbonyl (C=O) groups excluding carboxylic acids is 1. The Morgan fingerprint density at radius 2 is 2.10 bits per heavy atom. The molecule has 1 amide bonds. The van der Waals surface area contributed by atoms with Gasteiger partial charge >= 0.3 is 0 Å². The largest absolute Gasteiger partial charge is 0.396 e. The van der Waals surface area contributed by atoms with Crippen LogP contribution in [0.1, 0.15) is 30.2 Å². The van der Waals surface area contributed by atoms with Crippen molar-refractivity contribution in [3.05, 3.63) is 16.4 Å². The normalized spacial score (nSPS) is 11.1. The molecule has 21 heavy (non-hydrogen) atoms. The van der Waals surface area contributed by atoms with Crippen LogP contribution in [0, 0.1) is 19.8 Å². The number of amides is 1. The zero-order valence-corrected chi connectivity index (χ0v) is 13.5. The van der Waals surface area contributed by atoms with Gasteiger partial charge in [-0.25, -0.2) is 0 Å². The quantitative estimate of drug-likeness (QED) is 0.877. The van der Waals surface area contributed by atoms with Crippen LogP contribution in [0.2, 0.25) is 0 Å². The number of nitrogens with zero attached hydrogens (tertiary/aromatic N) is 4. The maximum atomic E-state index is 12.0. The molecular weight excluding hydrogens is 288 g/mol. The first-order chi connectivity index (χ1) is 9.86. The lowest BCUT2D eigenvalue weighted by molar-refractivity contribution is -0.116. The van der Waals surface area contributed by atoms with Gasteiger partial charge in [0.1, 0.15) is 11.6 Å². The second-order valence-electron chi connectivity index (χ2n) is 5.39. The van der Waals surface area contributed by atoms with Crippen LogP contribution in [0.15, 0.2) is 0 Å². The third-order valence-electron chi connectivity index (χ3n) is 3.03. The van der Waals surface area contributed by atoms with Crippen molar-refractivity contribution in [1.82, 2.24) is 20.0 Å². The summed E-state index contributed by atoms with van der Waals surface area (Å²) in [5, 5.41) is 16.5. The van der Waals surface area contributed by atoms with E-state index in [1.54, 1.807) is 4.68 Å². The van der Waals surface area contributed by atoms with Gasteiger partial charge in [0, 0.05) is 6.42 Å². The van der Waals surface area contributed by atoms with Crippen molar-refractivity contribution < 1.29 is 4.79 Å². The fourth-order valence-corrected chi connectivity index (χ4v) is 2.86. The second-order valence-corrected chi connectivity index (χ2v) is 6.45. The second kappa shape index (κ2) is 6.21. The van der Waals surface area contributed by atoms with E-state index >= 15 is 0 Å². The van der Waals surface area contributed by atoms with Crippen molar-refractivity contribution in [1.29, 1.82) is 0 Å². The number of aromatic nitrogens is 4. The van der Waals surface area contributed by atoms with Gasteiger partial charge in [-0.1, -0.05) is 25.2 Å². The van der Waals surface area contributed by atoms with Crippen molar-refractivity contribution in [2.75, 3.05) is 11.1 Å². The summed E-state index contributed by atoms with van der Waals surface area (Å²) in [7, 11) is 0. The fourth-order valence-electron chi connectivity index (χ4n) is 1.90. The van der Waals surface area contributed by atoms with Crippen molar-refractivity contribution in [2.24, 2.45) is 5.92 Å². The summed E-state index contributed by atoms with van der Waals surface area (Å²) in [5.41, 5.74) is 7.99. The average molecular weight is 308 g/mol. The molecule has 2 heterocycles. The summed E-state index contributed by atoms with van der Waals surface area (Å²) in [6, 6.07) is 0. The van der Waals surface area contributed by atoms with Crippen LogP contribution in [0.5, 0.6) is 0 Å². The molecule has 0 spiro atoms. The highest BCUT2D eigenvalue weighted by atomic mass is 32.1. The lowest BCUT2D eigenvalue weighted by atomic mass is 10.1. The standard InChI is InChI=1S/C13H20N6OS/c1-7(2)5-11-16-17-13(21-11)15-10(20)6-19-9(4)12(14)8(3)18-19/h7H,5-6,14H2,1-4H3,(H,15,17,20). The maximum Gasteiger partial charge on any atom is 0.247 e. The van der Waals surface area contributed by atoms with Gasteiger partial charge in [-0.2, -0.15) is 5.10 Å². The molecule has 114 valence electrons. The van der Waals surface area contributed by atoms with E-state index in [4.69, 9.17) is 5.73 Å². The highest BCUT2D eigenvalue weighted by Crippen LogP contribution is 2.19. The van der Waals surface area contributed by atoms with Crippen LogP contribution < -0.4 is 11.1 Å². The van der Waals surface area contributed by atoms with Gasteiger partial charge in [0.25, 0.3) is 0 Å². The molecule has 0 radical (unpaired) electrons. The van der Waals surface area contributed by atoms with Gasteiger partial charge in [0.15, 0.2) is 0 Å². The van der Waals surface area contributed by atoms with Crippen LogP contribution >= 0.6 is 11.3 Å². The van der Waals surface area contributed by atoms with E-state index in [-0.39, 0.29) is 12.5 Å². The number of nitrogens with one attached hydrogen (secondary N) is 1. The first kappa shape index (κ1) is 15.4. The van der Waals surface area contributed by atoms with E-state index < -0.39 is 0 Å². The number of nitrogen functional groups attached to an aromatic ring is 1. The Kier molecular flexibility index (Phi) is 4.56. The summed E-state index contributed by atoms with van der Waals surface area (Å²) >= 11 is 1.40. The number of hydrogen-bond acceptors (Lipinski definition) is 6.